The highest BCUT2D eigenvalue weighted by Crippen LogP contribution is 2.43. The van der Waals surface area contributed by atoms with E-state index >= 15 is 0 Å². The number of carbonyl (C=O) groups excluding carboxylic acids is 2. The molecular formula is C25H17Cl2NO3S2. The minimum Gasteiger partial charge on any atom is -0.368 e. The summed E-state index contributed by atoms with van der Waals surface area (Å²) in [4.78, 5) is 26.0. The van der Waals surface area contributed by atoms with Crippen molar-refractivity contribution < 1.29 is 14.3 Å². The fourth-order valence-corrected chi connectivity index (χ4v) is 5.92. The van der Waals surface area contributed by atoms with Gasteiger partial charge in [0.1, 0.15) is 0 Å². The number of thioether (sulfide) groups is 1. The molecule has 5 rings (SSSR count). The lowest BCUT2D eigenvalue weighted by Crippen LogP contribution is -2.17. The molecule has 1 atom stereocenters. The molecule has 2 heterocycles. The minimum atomic E-state index is -0.353. The van der Waals surface area contributed by atoms with Crippen LogP contribution in [0.25, 0.3) is 6.08 Å². The highest BCUT2D eigenvalue weighted by Gasteiger charge is 2.26. The van der Waals surface area contributed by atoms with Crippen molar-refractivity contribution in [3.8, 4) is 0 Å². The minimum absolute atomic E-state index is 0.123. The van der Waals surface area contributed by atoms with Crippen molar-refractivity contribution in [2.24, 2.45) is 0 Å². The Labute approximate surface area is 209 Å². The second-order valence-corrected chi connectivity index (χ2v) is 10.5. The van der Waals surface area contributed by atoms with Crippen molar-refractivity contribution in [2.75, 3.05) is 0 Å². The average molecular weight is 514 g/mol. The lowest BCUT2D eigenvalue weighted by Gasteiger charge is -2.19. The summed E-state index contributed by atoms with van der Waals surface area (Å²) >= 11 is 14.8. The van der Waals surface area contributed by atoms with Crippen LogP contribution in [-0.2, 0) is 22.6 Å². The van der Waals surface area contributed by atoms with Crippen LogP contribution in [0.2, 0.25) is 10.0 Å². The molecule has 3 aromatic rings. The van der Waals surface area contributed by atoms with Crippen molar-refractivity contribution >= 4 is 63.9 Å². The normalized spacial score (nSPS) is 18.6. The number of hydrogen-bond donors (Lipinski definition) is 1. The number of nitrogens with one attached hydrogen (secondary N) is 1. The Morgan fingerprint density at radius 1 is 0.970 bits per heavy atom. The number of amides is 2. The number of carbonyl (C=O) groups is 2. The quantitative estimate of drug-likeness (QED) is 0.371. The zero-order chi connectivity index (χ0) is 22.9. The molecule has 166 valence electrons. The Kier molecular flexibility index (Phi) is 6.54. The summed E-state index contributed by atoms with van der Waals surface area (Å²) in [6.45, 7) is 0.417. The van der Waals surface area contributed by atoms with Crippen LogP contribution in [0.15, 0.2) is 75.4 Å². The molecule has 1 fully saturated rings. The van der Waals surface area contributed by atoms with Crippen LogP contribution in [0.3, 0.4) is 0 Å². The first-order chi connectivity index (χ1) is 16.0. The van der Waals surface area contributed by atoms with Gasteiger partial charge in [-0.25, -0.2) is 0 Å². The predicted octanol–water partition coefficient (Wildman–Crippen LogP) is 7.28. The summed E-state index contributed by atoms with van der Waals surface area (Å²) in [5.41, 5.74) is 4.14. The molecule has 2 amide bonds. The summed E-state index contributed by atoms with van der Waals surface area (Å²) in [7, 11) is 0. The van der Waals surface area contributed by atoms with E-state index in [9.17, 15) is 9.59 Å². The molecule has 4 nitrogen and oxygen atoms in total. The first kappa shape index (κ1) is 22.6. The number of rotatable bonds is 4. The van der Waals surface area contributed by atoms with E-state index in [4.69, 9.17) is 27.9 Å². The number of hydrogen-bond acceptors (Lipinski definition) is 5. The van der Waals surface area contributed by atoms with Crippen LogP contribution in [-0.4, -0.2) is 11.1 Å². The van der Waals surface area contributed by atoms with Crippen molar-refractivity contribution in [1.82, 2.24) is 5.32 Å². The van der Waals surface area contributed by atoms with E-state index in [0.29, 0.717) is 28.0 Å². The fourth-order valence-electron chi connectivity index (χ4n) is 3.74. The van der Waals surface area contributed by atoms with E-state index < -0.39 is 0 Å². The van der Waals surface area contributed by atoms with Gasteiger partial charge in [-0.1, -0.05) is 71.4 Å². The predicted molar refractivity (Wildman–Crippen MR) is 134 cm³/mol. The van der Waals surface area contributed by atoms with Gasteiger partial charge in [0, 0.05) is 16.2 Å². The van der Waals surface area contributed by atoms with Crippen LogP contribution in [0.4, 0.5) is 4.79 Å². The smallest absolute Gasteiger partial charge is 0.290 e. The van der Waals surface area contributed by atoms with Crippen molar-refractivity contribution in [2.45, 2.75) is 28.9 Å². The molecule has 0 aliphatic carbocycles. The van der Waals surface area contributed by atoms with Gasteiger partial charge in [-0.05, 0) is 64.4 Å². The summed E-state index contributed by atoms with van der Waals surface area (Å²) in [5.74, 6) is -0.353. The molecule has 1 N–H and O–H groups in total. The molecular weight excluding hydrogens is 497 g/mol. The lowest BCUT2D eigenvalue weighted by molar-refractivity contribution is -0.115. The molecule has 0 saturated carbocycles. The van der Waals surface area contributed by atoms with E-state index in [1.807, 2.05) is 30.3 Å². The van der Waals surface area contributed by atoms with E-state index in [0.717, 1.165) is 43.8 Å². The maximum absolute atomic E-state index is 11.9. The van der Waals surface area contributed by atoms with Gasteiger partial charge in [0.2, 0.25) is 0 Å². The van der Waals surface area contributed by atoms with Gasteiger partial charge in [0.05, 0.1) is 27.7 Å². The standard InChI is InChI=1S/C25H17Cl2NO3S2/c26-18-8-6-15(9-19(18)27)13-31-20-12-16-7-5-14(11-23-24(29)28-25(30)33-23)10-22(16)32-21-4-2-1-3-17(20)21/h1-11,20H,12-13H2,(H,28,29,30)/b23-11-. The van der Waals surface area contributed by atoms with Crippen molar-refractivity contribution in [3.05, 3.63) is 97.9 Å². The summed E-state index contributed by atoms with van der Waals surface area (Å²) in [5, 5.41) is 2.98. The number of halogens is 2. The van der Waals surface area contributed by atoms with Gasteiger partial charge < -0.3 is 4.74 Å². The largest absolute Gasteiger partial charge is 0.368 e. The monoisotopic (exact) mass is 513 g/mol. The number of fused-ring (bicyclic) bond motifs is 2. The maximum atomic E-state index is 11.9. The zero-order valence-corrected chi connectivity index (χ0v) is 20.3. The first-order valence-electron chi connectivity index (χ1n) is 10.2. The molecule has 0 aromatic heterocycles. The molecule has 33 heavy (non-hydrogen) atoms. The van der Waals surface area contributed by atoms with Crippen molar-refractivity contribution in [1.29, 1.82) is 0 Å². The van der Waals surface area contributed by atoms with Gasteiger partial charge >= 0.3 is 0 Å². The number of benzene rings is 3. The third-order valence-electron chi connectivity index (χ3n) is 5.36. The van der Waals surface area contributed by atoms with Gasteiger partial charge in [0.15, 0.2) is 0 Å². The number of ether oxygens (including phenoxy) is 1. The van der Waals surface area contributed by atoms with E-state index in [1.165, 1.54) is 0 Å². The maximum Gasteiger partial charge on any atom is 0.290 e. The molecule has 2 aliphatic heterocycles. The number of imide groups is 1. The van der Waals surface area contributed by atoms with Gasteiger partial charge in [-0.3, -0.25) is 14.9 Å². The Morgan fingerprint density at radius 3 is 2.61 bits per heavy atom. The summed E-state index contributed by atoms with van der Waals surface area (Å²) in [6, 6.07) is 19.8. The zero-order valence-electron chi connectivity index (χ0n) is 17.1. The third kappa shape index (κ3) is 5.00. The molecule has 0 spiro atoms. The molecule has 1 unspecified atom stereocenters. The second kappa shape index (κ2) is 9.57. The topological polar surface area (TPSA) is 55.4 Å². The van der Waals surface area contributed by atoms with Gasteiger partial charge in [-0.15, -0.1) is 0 Å². The fraction of sp³-hybridized carbons (Fsp3) is 0.120. The average Bonchev–Trinajstić information content (AvgIpc) is 3.02. The first-order valence-corrected chi connectivity index (χ1v) is 12.6. The molecule has 8 heteroatoms. The highest BCUT2D eigenvalue weighted by atomic mass is 35.5. The molecule has 3 aromatic carbocycles. The molecule has 0 radical (unpaired) electrons. The van der Waals surface area contributed by atoms with Gasteiger partial charge in [-0.2, -0.15) is 0 Å². The van der Waals surface area contributed by atoms with Crippen LogP contribution < -0.4 is 5.32 Å². The lowest BCUT2D eigenvalue weighted by atomic mass is 10.00. The Morgan fingerprint density at radius 2 is 1.82 bits per heavy atom. The second-order valence-electron chi connectivity index (χ2n) is 7.61. The molecule has 2 aliphatic rings. The molecule has 1 saturated heterocycles. The van der Waals surface area contributed by atoms with Gasteiger partial charge in [0.25, 0.3) is 11.1 Å². The summed E-state index contributed by atoms with van der Waals surface area (Å²) in [6.07, 6.45) is 2.34. The van der Waals surface area contributed by atoms with Crippen LogP contribution in [0.1, 0.15) is 28.4 Å². The third-order valence-corrected chi connectivity index (χ3v) is 8.10. The van der Waals surface area contributed by atoms with E-state index in [1.54, 1.807) is 23.9 Å². The van der Waals surface area contributed by atoms with Crippen LogP contribution in [0, 0.1) is 0 Å². The summed E-state index contributed by atoms with van der Waals surface area (Å²) < 4.78 is 6.37. The van der Waals surface area contributed by atoms with Crippen LogP contribution >= 0.6 is 46.7 Å². The van der Waals surface area contributed by atoms with E-state index in [2.05, 4.69) is 29.6 Å². The highest BCUT2D eigenvalue weighted by molar-refractivity contribution is 8.18. The Bertz CT molecular complexity index is 1310. The van der Waals surface area contributed by atoms with Crippen molar-refractivity contribution in [3.63, 3.8) is 0 Å². The van der Waals surface area contributed by atoms with Crippen LogP contribution in [0.5, 0.6) is 0 Å². The molecule has 0 bridgehead atoms. The SMILES string of the molecule is O=C1NC(=O)/C(=C/c2ccc3c(c2)Sc2ccccc2C(OCc2ccc(Cl)c(Cl)c2)C3)S1. The van der Waals surface area contributed by atoms with E-state index in [-0.39, 0.29) is 17.3 Å². The Balaban J connectivity index is 1.43. The Hall–Kier alpha value is -2.22.